The number of aliphatic hydroxyl groups is 1. The molecule has 1 aliphatic carbocycles. The van der Waals surface area contributed by atoms with E-state index in [1.54, 1.807) is 25.1 Å². The summed E-state index contributed by atoms with van der Waals surface area (Å²) >= 11 is 0. The summed E-state index contributed by atoms with van der Waals surface area (Å²) in [5.41, 5.74) is -0.0281. The molecule has 0 aliphatic heterocycles. The zero-order valence-corrected chi connectivity index (χ0v) is 15.1. The highest BCUT2D eigenvalue weighted by Gasteiger charge is 2.51. The van der Waals surface area contributed by atoms with E-state index in [9.17, 15) is 14.7 Å². The fraction of sp³-hybridized carbons (Fsp3) is 0.333. The van der Waals surface area contributed by atoms with Crippen molar-refractivity contribution in [1.82, 2.24) is 0 Å². The van der Waals surface area contributed by atoms with E-state index in [2.05, 4.69) is 5.32 Å². The molecule has 0 amide bonds. The predicted octanol–water partition coefficient (Wildman–Crippen LogP) is 3.53. The number of carbonyl (C=O) groups excluding carboxylic acids is 2. The third kappa shape index (κ3) is 3.35. The van der Waals surface area contributed by atoms with E-state index in [-0.39, 0.29) is 11.6 Å². The molecule has 0 bridgehead atoms. The molecule has 26 heavy (non-hydrogen) atoms. The van der Waals surface area contributed by atoms with Gasteiger partial charge in [0.15, 0.2) is 0 Å². The molecule has 1 aliphatic rings. The van der Waals surface area contributed by atoms with Gasteiger partial charge in [0.2, 0.25) is 0 Å². The highest BCUT2D eigenvalue weighted by molar-refractivity contribution is 5.88. The second kappa shape index (κ2) is 6.92. The summed E-state index contributed by atoms with van der Waals surface area (Å²) < 4.78 is 5.56. The summed E-state index contributed by atoms with van der Waals surface area (Å²) in [6.45, 7) is 4.53. The zero-order chi connectivity index (χ0) is 18.9. The summed E-state index contributed by atoms with van der Waals surface area (Å²) in [5.74, 6) is -1.72. The Bertz CT molecular complexity index is 821. The second-order valence-electron chi connectivity index (χ2n) is 7.03. The molecule has 1 aromatic carbocycles. The van der Waals surface area contributed by atoms with Gasteiger partial charge in [0.05, 0.1) is 23.7 Å². The van der Waals surface area contributed by atoms with Gasteiger partial charge in [-0.1, -0.05) is 18.2 Å². The summed E-state index contributed by atoms with van der Waals surface area (Å²) in [6, 6.07) is 12.9. The van der Waals surface area contributed by atoms with Gasteiger partial charge >= 0.3 is 0 Å². The highest BCUT2D eigenvalue weighted by Crippen LogP contribution is 2.47. The Morgan fingerprint density at radius 2 is 1.77 bits per heavy atom. The van der Waals surface area contributed by atoms with E-state index >= 15 is 0 Å². The average Bonchev–Trinajstić information content (AvgIpc) is 3.07. The summed E-state index contributed by atoms with van der Waals surface area (Å²) in [4.78, 5) is 25.0. The van der Waals surface area contributed by atoms with Crippen LogP contribution in [0.5, 0.6) is 0 Å². The Balaban J connectivity index is 2.13. The number of anilines is 1. The lowest BCUT2D eigenvalue weighted by molar-refractivity contribution is -0.132. The zero-order valence-electron chi connectivity index (χ0n) is 15.1. The van der Waals surface area contributed by atoms with Gasteiger partial charge in [-0.05, 0) is 51.1 Å². The molecule has 5 nitrogen and oxygen atoms in total. The van der Waals surface area contributed by atoms with Crippen LogP contribution < -0.4 is 5.32 Å². The maximum Gasteiger partial charge on any atom is 0.139 e. The number of carbonyl (C=O) groups is 2. The highest BCUT2D eigenvalue weighted by atomic mass is 16.3. The number of furan rings is 1. The number of ketones is 2. The molecule has 0 fully saturated rings. The molecule has 1 heterocycles. The Kier molecular flexibility index (Phi) is 4.83. The summed E-state index contributed by atoms with van der Waals surface area (Å²) in [6.07, 6.45) is 3.11. The number of hydrogen-bond acceptors (Lipinski definition) is 5. The van der Waals surface area contributed by atoms with Crippen LogP contribution in [0.15, 0.2) is 64.9 Å². The van der Waals surface area contributed by atoms with Crippen molar-refractivity contribution < 1.29 is 19.1 Å². The van der Waals surface area contributed by atoms with Gasteiger partial charge in [0.1, 0.15) is 17.3 Å². The van der Waals surface area contributed by atoms with Crippen molar-refractivity contribution in [2.45, 2.75) is 32.3 Å². The van der Waals surface area contributed by atoms with E-state index in [0.29, 0.717) is 11.5 Å². The van der Waals surface area contributed by atoms with Crippen LogP contribution in [0.4, 0.5) is 5.69 Å². The topological polar surface area (TPSA) is 79.5 Å². The van der Waals surface area contributed by atoms with Crippen LogP contribution in [0.3, 0.4) is 0 Å². The van der Waals surface area contributed by atoms with E-state index < -0.39 is 23.4 Å². The van der Waals surface area contributed by atoms with Crippen molar-refractivity contribution in [3.05, 3.63) is 66.3 Å². The van der Waals surface area contributed by atoms with E-state index in [0.717, 1.165) is 5.69 Å². The average molecular weight is 353 g/mol. The molecule has 0 radical (unpaired) electrons. The minimum Gasteiger partial charge on any atom is -0.469 e. The first-order chi connectivity index (χ1) is 12.3. The number of hydrogen-bond donors (Lipinski definition) is 2. The lowest BCUT2D eigenvalue weighted by Crippen LogP contribution is -2.49. The number of rotatable bonds is 5. The molecule has 2 aromatic rings. The smallest absolute Gasteiger partial charge is 0.139 e. The maximum absolute atomic E-state index is 12.6. The lowest BCUT2D eigenvalue weighted by atomic mass is 9.64. The Morgan fingerprint density at radius 3 is 2.31 bits per heavy atom. The number of para-hydroxylation sites is 1. The van der Waals surface area contributed by atoms with Crippen LogP contribution >= 0.6 is 0 Å². The standard InChI is InChI=1S/C21H23NO4/c1-13(23)18-16(22-15-8-5-4-6-9-15)12-21(3,25)20(14(2)24)19(18)17-10-7-11-26-17/h4-12,18-20,22,25H,1-3H3/t18-,19+,20-,21+/m1/s1. The van der Waals surface area contributed by atoms with E-state index in [1.165, 1.54) is 20.1 Å². The molecule has 4 atom stereocenters. The first kappa shape index (κ1) is 18.1. The van der Waals surface area contributed by atoms with Crippen LogP contribution in [0.1, 0.15) is 32.4 Å². The number of benzene rings is 1. The SMILES string of the molecule is CC(=O)[C@@H]1C(Nc2ccccc2)=C[C@](C)(O)[C@H](C(C)=O)[C@H]1c1ccco1. The van der Waals surface area contributed by atoms with Crippen molar-refractivity contribution in [3.63, 3.8) is 0 Å². The third-order valence-corrected chi connectivity index (χ3v) is 4.94. The van der Waals surface area contributed by atoms with E-state index in [4.69, 9.17) is 4.42 Å². The first-order valence-corrected chi connectivity index (χ1v) is 8.63. The molecule has 136 valence electrons. The van der Waals surface area contributed by atoms with Crippen LogP contribution in [0.25, 0.3) is 0 Å². The molecule has 3 rings (SSSR count). The van der Waals surface area contributed by atoms with E-state index in [1.807, 2.05) is 30.3 Å². The van der Waals surface area contributed by atoms with Gasteiger partial charge in [-0.3, -0.25) is 9.59 Å². The molecule has 0 spiro atoms. The largest absolute Gasteiger partial charge is 0.469 e. The number of allylic oxidation sites excluding steroid dienone is 1. The summed E-state index contributed by atoms with van der Waals surface area (Å²) in [7, 11) is 0. The molecule has 0 saturated carbocycles. The Hall–Kier alpha value is -2.66. The molecular formula is C21H23NO4. The van der Waals surface area contributed by atoms with Crippen LogP contribution in [0.2, 0.25) is 0 Å². The number of Topliss-reactive ketones (excluding diaryl/α,β-unsaturated/α-hetero) is 2. The van der Waals surface area contributed by atoms with Crippen molar-refractivity contribution >= 4 is 17.3 Å². The van der Waals surface area contributed by atoms with Gasteiger partial charge in [0.25, 0.3) is 0 Å². The van der Waals surface area contributed by atoms with Gasteiger partial charge in [-0.25, -0.2) is 0 Å². The maximum atomic E-state index is 12.6. The summed E-state index contributed by atoms with van der Waals surface area (Å²) in [5, 5.41) is 14.3. The quantitative estimate of drug-likeness (QED) is 0.859. The Labute approximate surface area is 152 Å². The first-order valence-electron chi connectivity index (χ1n) is 8.63. The molecule has 2 N–H and O–H groups in total. The normalized spacial score (nSPS) is 28.3. The second-order valence-corrected chi connectivity index (χ2v) is 7.03. The molecular weight excluding hydrogens is 330 g/mol. The molecule has 0 saturated heterocycles. The fourth-order valence-electron chi connectivity index (χ4n) is 3.99. The van der Waals surface area contributed by atoms with Gasteiger partial charge in [-0.15, -0.1) is 0 Å². The fourth-order valence-corrected chi connectivity index (χ4v) is 3.99. The van der Waals surface area contributed by atoms with Gasteiger partial charge < -0.3 is 14.8 Å². The molecule has 1 aromatic heterocycles. The van der Waals surface area contributed by atoms with Crippen LogP contribution in [0, 0.1) is 11.8 Å². The van der Waals surface area contributed by atoms with Crippen molar-refractivity contribution in [1.29, 1.82) is 0 Å². The van der Waals surface area contributed by atoms with Gasteiger partial charge in [-0.2, -0.15) is 0 Å². The van der Waals surface area contributed by atoms with Crippen molar-refractivity contribution in [2.75, 3.05) is 5.32 Å². The minimum absolute atomic E-state index is 0.0946. The molecule has 0 unspecified atom stereocenters. The predicted molar refractivity (Wildman–Crippen MR) is 98.6 cm³/mol. The number of nitrogens with one attached hydrogen (secondary N) is 1. The van der Waals surface area contributed by atoms with Crippen LogP contribution in [-0.2, 0) is 9.59 Å². The van der Waals surface area contributed by atoms with Crippen molar-refractivity contribution in [3.8, 4) is 0 Å². The van der Waals surface area contributed by atoms with Crippen LogP contribution in [-0.4, -0.2) is 22.3 Å². The third-order valence-electron chi connectivity index (χ3n) is 4.94. The van der Waals surface area contributed by atoms with Crippen molar-refractivity contribution in [2.24, 2.45) is 11.8 Å². The molecule has 5 heteroatoms. The monoisotopic (exact) mass is 353 g/mol. The minimum atomic E-state index is -1.41. The Morgan fingerprint density at radius 1 is 1.08 bits per heavy atom. The lowest BCUT2D eigenvalue weighted by Gasteiger charge is -2.43. The van der Waals surface area contributed by atoms with Gasteiger partial charge in [0, 0.05) is 17.3 Å².